The van der Waals surface area contributed by atoms with Crippen molar-refractivity contribution < 1.29 is 0 Å². The maximum absolute atomic E-state index is 10.9. The van der Waals surface area contributed by atoms with Crippen molar-refractivity contribution in [2.45, 2.75) is 0 Å². The van der Waals surface area contributed by atoms with E-state index in [0.29, 0.717) is 27.0 Å². The lowest BCUT2D eigenvalue weighted by Crippen LogP contribution is -2.05. The molecule has 0 spiro atoms. The standard InChI is InChI=1S/C5H5N5S.C5H4N4O/c6-5-9-3-2(4(11)10-5)7-1-8-3;10-5-3-4(7-1-6-3)8-2-9-5/h1H,(H4,6,7,8,9,10,11);1-2H,(H2,6,7,8,9,10). The van der Waals surface area contributed by atoms with Crippen LogP contribution in [0.1, 0.15) is 0 Å². The summed E-state index contributed by atoms with van der Waals surface area (Å²) in [5.41, 5.74) is 7.43. The first-order chi connectivity index (χ1) is 10.1. The summed E-state index contributed by atoms with van der Waals surface area (Å²) in [6, 6.07) is 0. The molecule has 0 radical (unpaired) electrons. The molecule has 106 valence electrons. The molecule has 11 heteroatoms. The Morgan fingerprint density at radius 3 is 2.43 bits per heavy atom. The molecule has 0 bridgehead atoms. The Bertz CT molecular complexity index is 1010. The van der Waals surface area contributed by atoms with Crippen molar-refractivity contribution in [3.05, 3.63) is 34.0 Å². The second-order valence-corrected chi connectivity index (χ2v) is 4.27. The minimum atomic E-state index is -0.192. The number of hydrogen-bond donors (Lipinski definition) is 5. The lowest BCUT2D eigenvalue weighted by Gasteiger charge is -1.91. The molecule has 0 saturated heterocycles. The zero-order chi connectivity index (χ0) is 14.8. The normalized spacial score (nSPS) is 10.5. The zero-order valence-corrected chi connectivity index (χ0v) is 11.2. The number of hydrogen-bond acceptors (Lipinski definition) is 7. The molecule has 0 atom stereocenters. The van der Waals surface area contributed by atoms with E-state index in [1.54, 1.807) is 0 Å². The lowest BCUT2D eigenvalue weighted by molar-refractivity contribution is 1.15. The number of nitrogens with two attached hydrogens (primary N) is 1. The molecule has 0 aliphatic heterocycles. The summed E-state index contributed by atoms with van der Waals surface area (Å²) in [7, 11) is 0. The quantitative estimate of drug-likeness (QED) is 0.291. The van der Waals surface area contributed by atoms with Crippen LogP contribution >= 0.6 is 12.2 Å². The summed E-state index contributed by atoms with van der Waals surface area (Å²) < 4.78 is 0.439. The third-order valence-electron chi connectivity index (χ3n) is 2.55. The summed E-state index contributed by atoms with van der Waals surface area (Å²) in [6.45, 7) is 0. The molecule has 10 nitrogen and oxygen atoms in total. The highest BCUT2D eigenvalue weighted by molar-refractivity contribution is 7.71. The largest absolute Gasteiger partial charge is 0.369 e. The van der Waals surface area contributed by atoms with Crippen LogP contribution in [0.25, 0.3) is 22.3 Å². The molecule has 0 aliphatic carbocycles. The molecule has 0 saturated carbocycles. The second-order valence-electron chi connectivity index (χ2n) is 3.89. The number of nitrogens with zero attached hydrogens (tertiary/aromatic N) is 4. The van der Waals surface area contributed by atoms with E-state index in [4.69, 9.17) is 18.0 Å². The average molecular weight is 303 g/mol. The van der Waals surface area contributed by atoms with Crippen molar-refractivity contribution in [2.24, 2.45) is 0 Å². The maximum atomic E-state index is 10.9. The predicted octanol–water partition coefficient (Wildman–Crippen LogP) is 0.244. The van der Waals surface area contributed by atoms with Crippen molar-refractivity contribution in [3.63, 3.8) is 0 Å². The third kappa shape index (κ3) is 2.49. The Hall–Kier alpha value is -3.08. The number of nitrogens with one attached hydrogen (secondary N) is 4. The van der Waals surface area contributed by atoms with Gasteiger partial charge in [0.25, 0.3) is 5.56 Å². The second kappa shape index (κ2) is 5.13. The third-order valence-corrected chi connectivity index (χ3v) is 2.85. The van der Waals surface area contributed by atoms with E-state index in [-0.39, 0.29) is 11.5 Å². The molecule has 0 amide bonds. The molecule has 4 aromatic heterocycles. The van der Waals surface area contributed by atoms with Crippen LogP contribution in [0, 0.1) is 4.64 Å². The number of H-pyrrole nitrogens is 4. The molecular weight excluding hydrogens is 294 g/mol. The Labute approximate surface area is 120 Å². The Morgan fingerprint density at radius 2 is 1.67 bits per heavy atom. The van der Waals surface area contributed by atoms with Crippen LogP contribution in [0.2, 0.25) is 0 Å². The van der Waals surface area contributed by atoms with Crippen LogP contribution in [0.3, 0.4) is 0 Å². The molecular formula is C10H9N9OS. The highest BCUT2D eigenvalue weighted by Gasteiger charge is 1.99. The minimum absolute atomic E-state index is 0.192. The molecule has 21 heavy (non-hydrogen) atoms. The first-order valence-corrected chi connectivity index (χ1v) is 6.11. The molecule has 4 rings (SSSR count). The van der Waals surface area contributed by atoms with Crippen molar-refractivity contribution in [3.8, 4) is 0 Å². The van der Waals surface area contributed by atoms with Gasteiger partial charge in [0.15, 0.2) is 21.5 Å². The van der Waals surface area contributed by atoms with Crippen LogP contribution in [0.4, 0.5) is 5.95 Å². The number of imidazole rings is 2. The van der Waals surface area contributed by atoms with Crippen molar-refractivity contribution in [2.75, 3.05) is 5.73 Å². The SMILES string of the molecule is Nc1nc(=S)c2[nH]cnc2[nH]1.O=c1[nH]cnc2nc[nH]c12. The summed E-state index contributed by atoms with van der Waals surface area (Å²) in [5.74, 6) is 0.287. The molecule has 0 aliphatic rings. The first-order valence-electron chi connectivity index (χ1n) is 5.71. The number of nitrogen functional groups attached to an aromatic ring is 1. The number of fused-ring (bicyclic) bond motifs is 2. The van der Waals surface area contributed by atoms with Gasteiger partial charge in [0.05, 0.1) is 19.0 Å². The van der Waals surface area contributed by atoms with E-state index in [1.165, 1.54) is 19.0 Å². The number of rotatable bonds is 0. The van der Waals surface area contributed by atoms with Crippen molar-refractivity contribution >= 4 is 40.5 Å². The van der Waals surface area contributed by atoms with Gasteiger partial charge in [-0.3, -0.25) is 4.79 Å². The van der Waals surface area contributed by atoms with E-state index in [0.717, 1.165) is 0 Å². The average Bonchev–Trinajstić information content (AvgIpc) is 3.08. The van der Waals surface area contributed by atoms with Crippen LogP contribution < -0.4 is 11.3 Å². The molecule has 0 fully saturated rings. The van der Waals surface area contributed by atoms with Gasteiger partial charge in [-0.25, -0.2) is 19.9 Å². The smallest absolute Gasteiger partial charge is 0.276 e. The Kier molecular flexibility index (Phi) is 3.16. The molecule has 0 aromatic carbocycles. The Morgan fingerprint density at radius 1 is 1.00 bits per heavy atom. The van der Waals surface area contributed by atoms with Gasteiger partial charge in [-0.05, 0) is 0 Å². The van der Waals surface area contributed by atoms with E-state index in [9.17, 15) is 4.79 Å². The molecule has 4 aromatic rings. The molecule has 0 unspecified atom stereocenters. The summed E-state index contributed by atoms with van der Waals surface area (Å²) in [4.78, 5) is 37.0. The van der Waals surface area contributed by atoms with Gasteiger partial charge in [0.2, 0.25) is 5.95 Å². The fraction of sp³-hybridized carbons (Fsp3) is 0. The summed E-state index contributed by atoms with van der Waals surface area (Å²) in [5, 5.41) is 0. The molecule has 4 heterocycles. The zero-order valence-electron chi connectivity index (χ0n) is 10.4. The van der Waals surface area contributed by atoms with Gasteiger partial charge in [-0.15, -0.1) is 0 Å². The Balaban J connectivity index is 0.000000126. The fourth-order valence-corrected chi connectivity index (χ4v) is 1.90. The van der Waals surface area contributed by atoms with Crippen molar-refractivity contribution in [1.29, 1.82) is 0 Å². The number of anilines is 1. The van der Waals surface area contributed by atoms with Crippen LogP contribution in [-0.2, 0) is 0 Å². The minimum Gasteiger partial charge on any atom is -0.369 e. The van der Waals surface area contributed by atoms with Gasteiger partial charge in [-0.2, -0.15) is 0 Å². The predicted molar refractivity (Wildman–Crippen MR) is 78.0 cm³/mol. The highest BCUT2D eigenvalue weighted by atomic mass is 32.1. The first kappa shape index (κ1) is 12.9. The van der Waals surface area contributed by atoms with Crippen LogP contribution in [0.15, 0.2) is 23.8 Å². The monoisotopic (exact) mass is 303 g/mol. The van der Waals surface area contributed by atoms with Crippen molar-refractivity contribution in [1.82, 2.24) is 39.9 Å². The van der Waals surface area contributed by atoms with E-state index < -0.39 is 0 Å². The van der Waals surface area contributed by atoms with Gasteiger partial charge in [0.1, 0.15) is 5.52 Å². The van der Waals surface area contributed by atoms with E-state index >= 15 is 0 Å². The number of aromatic nitrogens is 8. The van der Waals surface area contributed by atoms with E-state index in [2.05, 4.69) is 39.9 Å². The van der Waals surface area contributed by atoms with Gasteiger partial charge in [0, 0.05) is 0 Å². The van der Waals surface area contributed by atoms with E-state index in [1.807, 2.05) is 0 Å². The maximum Gasteiger partial charge on any atom is 0.276 e. The van der Waals surface area contributed by atoms with Gasteiger partial charge < -0.3 is 25.7 Å². The highest BCUT2D eigenvalue weighted by Crippen LogP contribution is 2.06. The van der Waals surface area contributed by atoms with Crippen LogP contribution in [-0.4, -0.2) is 39.9 Å². The topological polar surface area (TPSA) is 158 Å². The number of aromatic amines is 4. The summed E-state index contributed by atoms with van der Waals surface area (Å²) in [6.07, 6.45) is 4.30. The van der Waals surface area contributed by atoms with Crippen LogP contribution in [0.5, 0.6) is 0 Å². The fourth-order valence-electron chi connectivity index (χ4n) is 1.64. The summed E-state index contributed by atoms with van der Waals surface area (Å²) >= 11 is 4.91. The molecule has 6 N–H and O–H groups in total. The van der Waals surface area contributed by atoms with Gasteiger partial charge >= 0.3 is 0 Å². The lowest BCUT2D eigenvalue weighted by atomic mass is 10.6. The van der Waals surface area contributed by atoms with Gasteiger partial charge in [-0.1, -0.05) is 12.2 Å².